The van der Waals surface area contributed by atoms with E-state index in [1.54, 1.807) is 0 Å². The van der Waals surface area contributed by atoms with Gasteiger partial charge in [-0.2, -0.15) is 0 Å². The molecule has 2 aliphatic carbocycles. The molecule has 0 amide bonds. The SMILES string of the molecule is CC1CCN=C1C=C1C[C@@]2(C)C(CCC[C@@H]2O)C(C)C1=O. The van der Waals surface area contributed by atoms with E-state index in [1.165, 1.54) is 0 Å². The number of hydrogen-bond donors (Lipinski definition) is 1. The molecule has 0 spiro atoms. The van der Waals surface area contributed by atoms with Gasteiger partial charge in [-0.3, -0.25) is 9.79 Å². The Kier molecular flexibility index (Phi) is 3.81. The number of aliphatic imine (C=N–C) groups is 1. The number of aliphatic hydroxyl groups excluding tert-OH is 1. The molecule has 0 saturated heterocycles. The number of carbonyl (C=O) groups is 1. The van der Waals surface area contributed by atoms with Crippen molar-refractivity contribution in [3.8, 4) is 0 Å². The molecule has 2 fully saturated rings. The van der Waals surface area contributed by atoms with Crippen molar-refractivity contribution in [1.29, 1.82) is 0 Å². The second-order valence-electron chi connectivity index (χ2n) is 7.55. The fourth-order valence-corrected chi connectivity index (χ4v) is 4.66. The third kappa shape index (κ3) is 2.40. The normalized spacial score (nSPS) is 45.6. The molecule has 1 N–H and O–H groups in total. The zero-order valence-electron chi connectivity index (χ0n) is 13.4. The van der Waals surface area contributed by atoms with E-state index in [0.717, 1.165) is 43.5 Å². The van der Waals surface area contributed by atoms with Gasteiger partial charge in [-0.15, -0.1) is 0 Å². The van der Waals surface area contributed by atoms with E-state index < -0.39 is 0 Å². The summed E-state index contributed by atoms with van der Waals surface area (Å²) in [6.45, 7) is 7.29. The lowest BCUT2D eigenvalue weighted by Crippen LogP contribution is -2.51. The van der Waals surface area contributed by atoms with Gasteiger partial charge in [0.05, 0.1) is 6.10 Å². The number of aliphatic hydroxyl groups is 1. The Morgan fingerprint density at radius 1 is 1.29 bits per heavy atom. The summed E-state index contributed by atoms with van der Waals surface area (Å²) in [7, 11) is 0. The summed E-state index contributed by atoms with van der Waals surface area (Å²) < 4.78 is 0. The summed E-state index contributed by atoms with van der Waals surface area (Å²) in [4.78, 5) is 17.3. The standard InChI is InChI=1S/C18H27NO2/c1-11-7-8-19-15(11)9-13-10-18(3)14(12(2)17(13)21)5-4-6-16(18)20/h9,11-12,14,16,20H,4-8,10H2,1-3H3/t11?,12?,14?,16-,18-/m0/s1. The van der Waals surface area contributed by atoms with Gasteiger partial charge in [0.2, 0.25) is 0 Å². The molecule has 0 aromatic rings. The molecule has 0 bridgehead atoms. The first kappa shape index (κ1) is 15.0. The predicted octanol–water partition coefficient (Wildman–Crippen LogP) is 3.17. The van der Waals surface area contributed by atoms with Crippen molar-refractivity contribution in [2.24, 2.45) is 28.2 Å². The molecule has 3 heteroatoms. The Bertz CT molecular complexity index is 507. The van der Waals surface area contributed by atoms with Gasteiger partial charge in [-0.25, -0.2) is 0 Å². The van der Waals surface area contributed by atoms with Gasteiger partial charge in [-0.1, -0.05) is 27.2 Å². The number of fused-ring (bicyclic) bond motifs is 1. The van der Waals surface area contributed by atoms with E-state index >= 15 is 0 Å². The van der Waals surface area contributed by atoms with Gasteiger partial charge in [0, 0.05) is 23.6 Å². The predicted molar refractivity (Wildman–Crippen MR) is 84.4 cm³/mol. The molecule has 1 heterocycles. The van der Waals surface area contributed by atoms with E-state index in [-0.39, 0.29) is 23.2 Å². The summed E-state index contributed by atoms with van der Waals surface area (Å²) in [5.74, 6) is 1.10. The average molecular weight is 289 g/mol. The van der Waals surface area contributed by atoms with Crippen LogP contribution in [0.25, 0.3) is 0 Å². The van der Waals surface area contributed by atoms with E-state index in [9.17, 15) is 9.90 Å². The molecule has 21 heavy (non-hydrogen) atoms. The monoisotopic (exact) mass is 289 g/mol. The highest BCUT2D eigenvalue weighted by atomic mass is 16.3. The Morgan fingerprint density at radius 3 is 2.71 bits per heavy atom. The summed E-state index contributed by atoms with van der Waals surface area (Å²) in [6.07, 6.45) is 6.56. The van der Waals surface area contributed by atoms with Crippen LogP contribution in [0.4, 0.5) is 0 Å². The van der Waals surface area contributed by atoms with Crippen molar-refractivity contribution in [1.82, 2.24) is 0 Å². The molecule has 0 radical (unpaired) electrons. The molecule has 1 aliphatic heterocycles. The second-order valence-corrected chi connectivity index (χ2v) is 7.55. The van der Waals surface area contributed by atoms with Gasteiger partial charge in [-0.05, 0) is 49.2 Å². The molecule has 3 unspecified atom stereocenters. The van der Waals surface area contributed by atoms with Crippen molar-refractivity contribution in [3.05, 3.63) is 11.6 Å². The molecule has 3 aliphatic rings. The zero-order chi connectivity index (χ0) is 15.2. The lowest BCUT2D eigenvalue weighted by molar-refractivity contribution is -0.133. The lowest BCUT2D eigenvalue weighted by Gasteiger charge is -2.51. The maximum atomic E-state index is 12.7. The Labute approximate surface area is 127 Å². The summed E-state index contributed by atoms with van der Waals surface area (Å²) >= 11 is 0. The molecule has 2 saturated carbocycles. The highest BCUT2D eigenvalue weighted by Crippen LogP contribution is 2.52. The van der Waals surface area contributed by atoms with Crippen LogP contribution in [0.3, 0.4) is 0 Å². The van der Waals surface area contributed by atoms with E-state index in [1.807, 2.05) is 6.08 Å². The van der Waals surface area contributed by atoms with Crippen molar-refractivity contribution in [2.75, 3.05) is 6.54 Å². The zero-order valence-corrected chi connectivity index (χ0v) is 13.4. The molecule has 116 valence electrons. The van der Waals surface area contributed by atoms with Gasteiger partial charge in [0.25, 0.3) is 0 Å². The molecule has 0 aromatic carbocycles. The second kappa shape index (κ2) is 5.35. The summed E-state index contributed by atoms with van der Waals surface area (Å²) in [5.41, 5.74) is 1.84. The number of nitrogens with zero attached hydrogens (tertiary/aromatic N) is 1. The lowest BCUT2D eigenvalue weighted by atomic mass is 9.54. The number of hydrogen-bond acceptors (Lipinski definition) is 3. The van der Waals surface area contributed by atoms with Crippen LogP contribution in [-0.4, -0.2) is 29.3 Å². The number of carbonyl (C=O) groups excluding carboxylic acids is 1. The number of allylic oxidation sites excluding steroid dienone is 2. The van der Waals surface area contributed by atoms with Gasteiger partial charge >= 0.3 is 0 Å². The van der Waals surface area contributed by atoms with Crippen molar-refractivity contribution < 1.29 is 9.90 Å². The third-order valence-electron chi connectivity index (χ3n) is 6.19. The molecular weight excluding hydrogens is 262 g/mol. The number of Topliss-reactive ketones (excluding diaryl/α,β-unsaturated/α-hetero) is 1. The fourth-order valence-electron chi connectivity index (χ4n) is 4.66. The minimum Gasteiger partial charge on any atom is -0.393 e. The quantitative estimate of drug-likeness (QED) is 0.754. The summed E-state index contributed by atoms with van der Waals surface area (Å²) in [6, 6.07) is 0. The van der Waals surface area contributed by atoms with E-state index in [0.29, 0.717) is 18.3 Å². The van der Waals surface area contributed by atoms with Gasteiger partial charge < -0.3 is 5.11 Å². The van der Waals surface area contributed by atoms with Crippen LogP contribution in [0.1, 0.15) is 52.9 Å². The van der Waals surface area contributed by atoms with Crippen molar-refractivity contribution in [2.45, 2.75) is 59.0 Å². The first-order valence-electron chi connectivity index (χ1n) is 8.40. The van der Waals surface area contributed by atoms with Crippen LogP contribution in [0.15, 0.2) is 16.6 Å². The molecule has 3 rings (SSSR count). The first-order chi connectivity index (χ1) is 9.93. The molecule has 3 nitrogen and oxygen atoms in total. The van der Waals surface area contributed by atoms with Crippen molar-refractivity contribution in [3.63, 3.8) is 0 Å². The van der Waals surface area contributed by atoms with Crippen LogP contribution < -0.4 is 0 Å². The molecule has 5 atom stereocenters. The molecule has 0 aromatic heterocycles. The van der Waals surface area contributed by atoms with Crippen LogP contribution in [0, 0.1) is 23.2 Å². The number of ketones is 1. The van der Waals surface area contributed by atoms with E-state index in [4.69, 9.17) is 0 Å². The Hall–Kier alpha value is -0.960. The van der Waals surface area contributed by atoms with E-state index in [2.05, 4.69) is 25.8 Å². The summed E-state index contributed by atoms with van der Waals surface area (Å²) in [5, 5.41) is 10.5. The van der Waals surface area contributed by atoms with Crippen LogP contribution in [-0.2, 0) is 4.79 Å². The maximum absolute atomic E-state index is 12.7. The minimum absolute atomic E-state index is 0.0299. The van der Waals surface area contributed by atoms with Crippen LogP contribution in [0.5, 0.6) is 0 Å². The first-order valence-corrected chi connectivity index (χ1v) is 8.40. The maximum Gasteiger partial charge on any atom is 0.162 e. The number of rotatable bonds is 1. The highest BCUT2D eigenvalue weighted by molar-refractivity contribution is 6.07. The van der Waals surface area contributed by atoms with Gasteiger partial charge in [0.1, 0.15) is 0 Å². The van der Waals surface area contributed by atoms with Crippen LogP contribution >= 0.6 is 0 Å². The third-order valence-corrected chi connectivity index (χ3v) is 6.19. The molecular formula is C18H27NO2. The van der Waals surface area contributed by atoms with Crippen LogP contribution in [0.2, 0.25) is 0 Å². The topological polar surface area (TPSA) is 49.7 Å². The Morgan fingerprint density at radius 2 is 2.05 bits per heavy atom. The smallest absolute Gasteiger partial charge is 0.162 e. The van der Waals surface area contributed by atoms with Crippen molar-refractivity contribution >= 4 is 11.5 Å². The highest BCUT2D eigenvalue weighted by Gasteiger charge is 2.51. The Balaban J connectivity index is 1.93. The average Bonchev–Trinajstić information content (AvgIpc) is 2.84. The largest absolute Gasteiger partial charge is 0.393 e. The minimum atomic E-state index is -0.279. The fraction of sp³-hybridized carbons (Fsp3) is 0.778. The van der Waals surface area contributed by atoms with Gasteiger partial charge in [0.15, 0.2) is 5.78 Å².